The summed E-state index contributed by atoms with van der Waals surface area (Å²) in [5.74, 6) is -2.28. The molecule has 3 aromatic rings. The molecule has 0 spiro atoms. The molecule has 3 rings (SSSR count). The van der Waals surface area contributed by atoms with Crippen LogP contribution >= 0.6 is 0 Å². The number of amides is 1. The molecule has 0 aliphatic carbocycles. The van der Waals surface area contributed by atoms with E-state index in [1.54, 1.807) is 6.92 Å². The summed E-state index contributed by atoms with van der Waals surface area (Å²) in [6, 6.07) is 4.68. The lowest BCUT2D eigenvalue weighted by Gasteiger charge is -2.08. The van der Waals surface area contributed by atoms with E-state index in [4.69, 9.17) is 4.52 Å². The third-order valence-corrected chi connectivity index (χ3v) is 3.71. The minimum absolute atomic E-state index is 0.0332. The van der Waals surface area contributed by atoms with E-state index in [0.717, 1.165) is 16.8 Å². The van der Waals surface area contributed by atoms with Crippen LogP contribution in [0.15, 0.2) is 39.6 Å². The zero-order valence-corrected chi connectivity index (χ0v) is 14.8. The molecule has 0 aliphatic rings. The van der Waals surface area contributed by atoms with Crippen LogP contribution in [0.5, 0.6) is 0 Å². The highest BCUT2D eigenvalue weighted by Gasteiger charge is 2.34. The van der Waals surface area contributed by atoms with Gasteiger partial charge in [-0.15, -0.1) is 0 Å². The van der Waals surface area contributed by atoms with E-state index in [1.165, 1.54) is 6.07 Å². The van der Waals surface area contributed by atoms with Crippen molar-refractivity contribution in [2.24, 2.45) is 0 Å². The number of carbonyl (C=O) groups is 1. The number of benzene rings is 1. The Labute approximate surface area is 160 Å². The Balaban J connectivity index is 1.93. The van der Waals surface area contributed by atoms with Gasteiger partial charge < -0.3 is 9.84 Å². The molecule has 0 radical (unpaired) electrons. The predicted molar refractivity (Wildman–Crippen MR) is 90.9 cm³/mol. The van der Waals surface area contributed by atoms with Gasteiger partial charge in [-0.05, 0) is 31.2 Å². The van der Waals surface area contributed by atoms with Gasteiger partial charge in [0.2, 0.25) is 11.7 Å². The molecule has 1 N–H and O–H groups in total. The van der Waals surface area contributed by atoms with Crippen LogP contribution in [0.4, 0.5) is 17.6 Å². The zero-order valence-electron chi connectivity index (χ0n) is 14.8. The number of nitrogens with one attached hydrogen (secondary N) is 1. The summed E-state index contributed by atoms with van der Waals surface area (Å²) in [6.07, 6.45) is -4.89. The first-order chi connectivity index (χ1) is 13.7. The molecule has 1 amide bonds. The van der Waals surface area contributed by atoms with Crippen molar-refractivity contribution in [3.8, 4) is 23.0 Å². The van der Waals surface area contributed by atoms with Crippen LogP contribution in [0.25, 0.3) is 23.0 Å². The van der Waals surface area contributed by atoms with Crippen LogP contribution in [0.3, 0.4) is 0 Å². The second-order valence-corrected chi connectivity index (χ2v) is 5.78. The Bertz CT molecular complexity index is 1110. The number of halogens is 4. The van der Waals surface area contributed by atoms with Crippen molar-refractivity contribution in [3.05, 3.63) is 52.1 Å². The number of rotatable bonds is 5. The molecule has 0 atom stereocenters. The monoisotopic (exact) mass is 411 g/mol. The summed E-state index contributed by atoms with van der Waals surface area (Å²) < 4.78 is 57.9. The summed E-state index contributed by atoms with van der Waals surface area (Å²) in [7, 11) is 0. The van der Waals surface area contributed by atoms with Crippen LogP contribution in [-0.2, 0) is 17.5 Å². The molecule has 29 heavy (non-hydrogen) atoms. The molecule has 0 saturated carbocycles. The molecule has 0 bridgehead atoms. The summed E-state index contributed by atoms with van der Waals surface area (Å²) in [5, 5.41) is 10.0. The highest BCUT2D eigenvalue weighted by molar-refractivity contribution is 5.75. The van der Waals surface area contributed by atoms with Gasteiger partial charge in [-0.1, -0.05) is 5.16 Å². The molecule has 2 heterocycles. The van der Waals surface area contributed by atoms with Crippen LogP contribution in [0.1, 0.15) is 12.5 Å². The van der Waals surface area contributed by atoms with Gasteiger partial charge in [0.15, 0.2) is 0 Å². The number of carbonyl (C=O) groups excluding carboxylic acids is 1. The van der Waals surface area contributed by atoms with Crippen molar-refractivity contribution in [2.45, 2.75) is 19.6 Å². The van der Waals surface area contributed by atoms with E-state index in [0.29, 0.717) is 18.7 Å². The Morgan fingerprint density at radius 3 is 2.69 bits per heavy atom. The topological polar surface area (TPSA) is 103 Å². The van der Waals surface area contributed by atoms with Gasteiger partial charge in [0, 0.05) is 18.2 Å². The van der Waals surface area contributed by atoms with Crippen molar-refractivity contribution in [1.82, 2.24) is 25.2 Å². The fourth-order valence-electron chi connectivity index (χ4n) is 2.39. The lowest BCUT2D eigenvalue weighted by atomic mass is 10.1. The van der Waals surface area contributed by atoms with Gasteiger partial charge in [0.05, 0.1) is 5.56 Å². The standard InChI is InChI=1S/C17H13F4N5O3/c1-2-22-13(27)8-26-14(28)6-5-12(24-26)16-23-15(25-29-16)9-3-4-11(18)10(7-9)17(19,20)21/h3-7H,2,8H2,1H3,(H,22,27). The molecule has 1 aromatic carbocycles. The molecule has 8 nitrogen and oxygen atoms in total. The normalized spacial score (nSPS) is 11.5. The Morgan fingerprint density at radius 2 is 2.00 bits per heavy atom. The minimum atomic E-state index is -4.89. The number of alkyl halides is 3. The highest BCUT2D eigenvalue weighted by Crippen LogP contribution is 2.34. The minimum Gasteiger partial charge on any atom is -0.355 e. The Kier molecular flexibility index (Phi) is 5.43. The molecule has 0 saturated heterocycles. The SMILES string of the molecule is CCNC(=O)Cn1nc(-c2nc(-c3ccc(F)c(C(F)(F)F)c3)no2)ccc1=O. The summed E-state index contributed by atoms with van der Waals surface area (Å²) in [5.41, 5.74) is -2.10. The fraction of sp³-hybridized carbons (Fsp3) is 0.235. The maximum Gasteiger partial charge on any atom is 0.419 e. The van der Waals surface area contributed by atoms with Crippen molar-refractivity contribution < 1.29 is 26.9 Å². The maximum absolute atomic E-state index is 13.4. The van der Waals surface area contributed by atoms with E-state index in [-0.39, 0.29) is 29.5 Å². The molecule has 152 valence electrons. The molecule has 12 heteroatoms. The van der Waals surface area contributed by atoms with Gasteiger partial charge in [0.25, 0.3) is 11.4 Å². The summed E-state index contributed by atoms with van der Waals surface area (Å²) in [4.78, 5) is 27.4. The fourth-order valence-corrected chi connectivity index (χ4v) is 2.39. The van der Waals surface area contributed by atoms with Gasteiger partial charge in [-0.25, -0.2) is 9.07 Å². The highest BCUT2D eigenvalue weighted by atomic mass is 19.4. The average Bonchev–Trinajstić information content (AvgIpc) is 3.13. The van der Waals surface area contributed by atoms with E-state index >= 15 is 0 Å². The number of nitrogens with zero attached hydrogens (tertiary/aromatic N) is 4. The number of aromatic nitrogens is 4. The molecule has 0 aliphatic heterocycles. The Morgan fingerprint density at radius 1 is 1.24 bits per heavy atom. The van der Waals surface area contributed by atoms with Crippen molar-refractivity contribution in [1.29, 1.82) is 0 Å². The molecular formula is C17H13F4N5O3. The largest absolute Gasteiger partial charge is 0.419 e. The predicted octanol–water partition coefficient (Wildman–Crippen LogP) is 2.25. The van der Waals surface area contributed by atoms with Gasteiger partial charge in [-0.3, -0.25) is 9.59 Å². The lowest BCUT2D eigenvalue weighted by molar-refractivity contribution is -0.140. The van der Waals surface area contributed by atoms with Gasteiger partial charge >= 0.3 is 6.18 Å². The summed E-state index contributed by atoms with van der Waals surface area (Å²) in [6.45, 7) is 1.75. The zero-order chi connectivity index (χ0) is 21.2. The van der Waals surface area contributed by atoms with Gasteiger partial charge in [-0.2, -0.15) is 23.3 Å². The quantitative estimate of drug-likeness (QED) is 0.646. The van der Waals surface area contributed by atoms with Crippen LogP contribution in [0.2, 0.25) is 0 Å². The van der Waals surface area contributed by atoms with Crippen LogP contribution in [0, 0.1) is 5.82 Å². The number of hydrogen-bond donors (Lipinski definition) is 1. The maximum atomic E-state index is 13.4. The second-order valence-electron chi connectivity index (χ2n) is 5.78. The Hall–Kier alpha value is -3.57. The van der Waals surface area contributed by atoms with E-state index < -0.39 is 29.0 Å². The van der Waals surface area contributed by atoms with E-state index in [1.807, 2.05) is 0 Å². The molecule has 0 unspecified atom stereocenters. The molecule has 2 aromatic heterocycles. The first-order valence-corrected chi connectivity index (χ1v) is 8.25. The average molecular weight is 411 g/mol. The second kappa shape index (κ2) is 7.81. The number of likely N-dealkylation sites (N-methyl/N-ethyl adjacent to an activating group) is 1. The lowest BCUT2D eigenvalue weighted by Crippen LogP contribution is -2.33. The number of hydrogen-bond acceptors (Lipinski definition) is 6. The summed E-state index contributed by atoms with van der Waals surface area (Å²) >= 11 is 0. The van der Waals surface area contributed by atoms with Gasteiger partial charge in [0.1, 0.15) is 18.1 Å². The van der Waals surface area contributed by atoms with Crippen molar-refractivity contribution >= 4 is 5.91 Å². The van der Waals surface area contributed by atoms with Crippen LogP contribution < -0.4 is 10.9 Å². The smallest absolute Gasteiger partial charge is 0.355 e. The van der Waals surface area contributed by atoms with Crippen molar-refractivity contribution in [2.75, 3.05) is 6.54 Å². The third-order valence-electron chi connectivity index (χ3n) is 3.71. The van der Waals surface area contributed by atoms with E-state index in [2.05, 4.69) is 20.6 Å². The first-order valence-electron chi connectivity index (χ1n) is 8.25. The third kappa shape index (κ3) is 4.47. The first kappa shape index (κ1) is 20.2. The van der Waals surface area contributed by atoms with Crippen LogP contribution in [-0.4, -0.2) is 32.4 Å². The van der Waals surface area contributed by atoms with Crippen molar-refractivity contribution in [3.63, 3.8) is 0 Å². The van der Waals surface area contributed by atoms with E-state index in [9.17, 15) is 27.2 Å². The molecular weight excluding hydrogens is 398 g/mol. The molecule has 0 fully saturated rings.